The van der Waals surface area contributed by atoms with E-state index in [4.69, 9.17) is 4.74 Å². The van der Waals surface area contributed by atoms with Gasteiger partial charge in [0.1, 0.15) is 6.54 Å². The van der Waals surface area contributed by atoms with E-state index in [-0.39, 0.29) is 6.54 Å². The number of nitrogens with zero attached hydrogens (tertiary/aromatic N) is 1. The van der Waals surface area contributed by atoms with E-state index in [0.717, 1.165) is 12.8 Å². The van der Waals surface area contributed by atoms with Crippen molar-refractivity contribution in [2.24, 2.45) is 0 Å². The van der Waals surface area contributed by atoms with E-state index in [2.05, 4.69) is 0 Å². The summed E-state index contributed by atoms with van der Waals surface area (Å²) >= 11 is 0. The molecule has 0 aromatic heterocycles. The van der Waals surface area contributed by atoms with Crippen LogP contribution in [0.5, 0.6) is 0 Å². The van der Waals surface area contributed by atoms with Gasteiger partial charge < -0.3 is 9.94 Å². The monoisotopic (exact) mass is 199 g/mol. The lowest BCUT2D eigenvalue weighted by Crippen LogP contribution is -2.49. The number of amides is 1. The molecular formula is C10H17NO3. The molecule has 14 heavy (non-hydrogen) atoms. The summed E-state index contributed by atoms with van der Waals surface area (Å²) in [6.07, 6.45) is 5.48. The van der Waals surface area contributed by atoms with Crippen LogP contribution in [0, 0.1) is 5.21 Å². The van der Waals surface area contributed by atoms with Gasteiger partial charge in [-0.15, -0.1) is 0 Å². The number of ether oxygens (including phenoxy) is 1. The summed E-state index contributed by atoms with van der Waals surface area (Å²) < 4.78 is 4.06. The number of quaternary nitrogens is 1. The number of rotatable bonds is 3. The second-order valence-corrected chi connectivity index (χ2v) is 3.52. The Labute approximate surface area is 84.3 Å². The molecule has 4 heteroatoms. The summed E-state index contributed by atoms with van der Waals surface area (Å²) in [6.45, 7) is 2.90. The predicted octanol–water partition coefficient (Wildman–Crippen LogP) is 2.20. The standard InChI is InChI=1S/C10H17NO3/c1-2-3-9-14-10(12)11(13)7-5-4-6-8-11/h4-5H,2-3,6-9H2,1H3. The first-order chi connectivity index (χ1) is 6.69. The van der Waals surface area contributed by atoms with Gasteiger partial charge in [0.2, 0.25) is 0 Å². The lowest BCUT2D eigenvalue weighted by molar-refractivity contribution is -0.802. The van der Waals surface area contributed by atoms with Crippen LogP contribution in [0.15, 0.2) is 12.2 Å². The third kappa shape index (κ3) is 2.82. The Hall–Kier alpha value is -0.870. The molecule has 1 unspecified atom stereocenters. The molecule has 1 heterocycles. The van der Waals surface area contributed by atoms with Crippen molar-refractivity contribution in [3.05, 3.63) is 17.4 Å². The molecule has 80 valence electrons. The van der Waals surface area contributed by atoms with Crippen LogP contribution in [0.1, 0.15) is 26.2 Å². The predicted molar refractivity (Wildman–Crippen MR) is 53.4 cm³/mol. The molecule has 0 radical (unpaired) electrons. The minimum absolute atomic E-state index is 0.213. The Balaban J connectivity index is 2.38. The van der Waals surface area contributed by atoms with E-state index in [1.807, 2.05) is 13.0 Å². The molecule has 1 aliphatic rings. The number of hydrogen-bond acceptors (Lipinski definition) is 3. The number of hydrogen-bond donors (Lipinski definition) is 0. The zero-order valence-electron chi connectivity index (χ0n) is 8.57. The van der Waals surface area contributed by atoms with Gasteiger partial charge in [-0.05, 0) is 12.5 Å². The lowest BCUT2D eigenvalue weighted by atomic mass is 10.2. The molecule has 0 N–H and O–H groups in total. The number of carbonyl (C=O) groups is 1. The highest BCUT2D eigenvalue weighted by atomic mass is 16.7. The topological polar surface area (TPSA) is 49.4 Å². The Bertz CT molecular complexity index is 227. The van der Waals surface area contributed by atoms with Crippen LogP contribution in [0.2, 0.25) is 0 Å². The molecule has 1 rings (SSSR count). The minimum atomic E-state index is -0.847. The smallest absolute Gasteiger partial charge is 0.516 e. The fraction of sp³-hybridized carbons (Fsp3) is 0.700. The third-order valence-electron chi connectivity index (χ3n) is 2.28. The molecule has 0 aromatic rings. The first kappa shape index (κ1) is 11.2. The molecule has 0 aromatic carbocycles. The van der Waals surface area contributed by atoms with Gasteiger partial charge in [0.25, 0.3) is 0 Å². The fourth-order valence-electron chi connectivity index (χ4n) is 1.32. The van der Waals surface area contributed by atoms with E-state index < -0.39 is 10.7 Å². The van der Waals surface area contributed by atoms with Crippen LogP contribution < -0.4 is 0 Å². The maximum atomic E-state index is 11.8. The number of hydroxylamine groups is 3. The Kier molecular flexibility index (Phi) is 4.10. The highest BCUT2D eigenvalue weighted by Gasteiger charge is 2.29. The maximum absolute atomic E-state index is 11.8. The summed E-state index contributed by atoms with van der Waals surface area (Å²) in [6, 6.07) is 0. The molecule has 0 spiro atoms. The van der Waals surface area contributed by atoms with Crippen molar-refractivity contribution in [1.29, 1.82) is 0 Å². The highest BCUT2D eigenvalue weighted by Crippen LogP contribution is 2.14. The number of unbranched alkanes of at least 4 members (excludes halogenated alkanes) is 1. The molecule has 1 amide bonds. The lowest BCUT2D eigenvalue weighted by Gasteiger charge is -2.38. The van der Waals surface area contributed by atoms with E-state index in [0.29, 0.717) is 19.6 Å². The molecule has 0 saturated carbocycles. The molecule has 0 aliphatic carbocycles. The SMILES string of the molecule is CCCCOC(=O)[N+]1([O-])CC=CCC1. The van der Waals surface area contributed by atoms with Crippen LogP contribution in [-0.2, 0) is 4.74 Å². The van der Waals surface area contributed by atoms with Crippen molar-refractivity contribution in [2.75, 3.05) is 19.7 Å². The third-order valence-corrected chi connectivity index (χ3v) is 2.28. The van der Waals surface area contributed by atoms with E-state index in [9.17, 15) is 10.0 Å². The second-order valence-electron chi connectivity index (χ2n) is 3.52. The number of carbonyl (C=O) groups excluding carboxylic acids is 1. The molecule has 0 fully saturated rings. The minimum Gasteiger partial charge on any atom is -0.622 e. The first-order valence-electron chi connectivity index (χ1n) is 5.09. The van der Waals surface area contributed by atoms with Gasteiger partial charge in [-0.1, -0.05) is 19.4 Å². The van der Waals surface area contributed by atoms with Gasteiger partial charge in [0.05, 0.1) is 13.2 Å². The normalized spacial score (nSPS) is 26.1. The van der Waals surface area contributed by atoms with E-state index in [1.165, 1.54) is 0 Å². The zero-order chi connectivity index (χ0) is 10.4. The van der Waals surface area contributed by atoms with E-state index in [1.54, 1.807) is 6.08 Å². The average Bonchev–Trinajstić information content (AvgIpc) is 2.19. The molecule has 1 atom stereocenters. The summed E-state index contributed by atoms with van der Waals surface area (Å²) in [4.78, 5) is 11.4. The van der Waals surface area contributed by atoms with Crippen LogP contribution in [0.25, 0.3) is 0 Å². The zero-order valence-corrected chi connectivity index (χ0v) is 8.57. The van der Waals surface area contributed by atoms with Gasteiger partial charge in [-0.3, -0.25) is 4.65 Å². The van der Waals surface area contributed by atoms with Gasteiger partial charge in [-0.25, -0.2) is 0 Å². The molecular weight excluding hydrogens is 182 g/mol. The van der Waals surface area contributed by atoms with Crippen LogP contribution >= 0.6 is 0 Å². The molecule has 0 bridgehead atoms. The quantitative estimate of drug-likeness (QED) is 0.303. The Morgan fingerprint density at radius 1 is 1.57 bits per heavy atom. The van der Waals surface area contributed by atoms with Gasteiger partial charge in [0.15, 0.2) is 0 Å². The van der Waals surface area contributed by atoms with Crippen molar-refractivity contribution >= 4 is 6.09 Å². The summed E-state index contributed by atoms with van der Waals surface area (Å²) in [5.41, 5.74) is 0. The van der Waals surface area contributed by atoms with Crippen molar-refractivity contribution in [1.82, 2.24) is 0 Å². The largest absolute Gasteiger partial charge is 0.622 e. The Morgan fingerprint density at radius 2 is 2.36 bits per heavy atom. The molecule has 0 saturated heterocycles. The van der Waals surface area contributed by atoms with Crippen LogP contribution in [-0.4, -0.2) is 30.4 Å². The van der Waals surface area contributed by atoms with Crippen molar-refractivity contribution in [3.8, 4) is 0 Å². The summed E-state index contributed by atoms with van der Waals surface area (Å²) in [5.74, 6) is 0. The van der Waals surface area contributed by atoms with E-state index >= 15 is 0 Å². The van der Waals surface area contributed by atoms with Crippen LogP contribution in [0.3, 0.4) is 0 Å². The van der Waals surface area contributed by atoms with Gasteiger partial charge >= 0.3 is 6.09 Å². The summed E-state index contributed by atoms with van der Waals surface area (Å²) in [7, 11) is 0. The van der Waals surface area contributed by atoms with Gasteiger partial charge in [-0.2, -0.15) is 4.79 Å². The summed E-state index contributed by atoms with van der Waals surface area (Å²) in [5, 5.41) is 11.8. The van der Waals surface area contributed by atoms with Crippen molar-refractivity contribution in [2.45, 2.75) is 26.2 Å². The van der Waals surface area contributed by atoms with Gasteiger partial charge in [0, 0.05) is 6.42 Å². The first-order valence-corrected chi connectivity index (χ1v) is 5.09. The molecule has 1 aliphatic heterocycles. The maximum Gasteiger partial charge on any atom is 0.516 e. The molecule has 4 nitrogen and oxygen atoms in total. The highest BCUT2D eigenvalue weighted by molar-refractivity contribution is 5.60. The fourth-order valence-corrected chi connectivity index (χ4v) is 1.32. The average molecular weight is 199 g/mol. The second kappa shape index (κ2) is 5.12. The van der Waals surface area contributed by atoms with Crippen molar-refractivity contribution < 1.29 is 14.2 Å². The van der Waals surface area contributed by atoms with Crippen molar-refractivity contribution in [3.63, 3.8) is 0 Å². The van der Waals surface area contributed by atoms with Crippen LogP contribution in [0.4, 0.5) is 4.79 Å². The Morgan fingerprint density at radius 3 is 2.93 bits per heavy atom.